The predicted molar refractivity (Wildman–Crippen MR) is 123 cm³/mol. The number of carbonyl (C=O) groups excluding carboxylic acids is 2. The molecule has 4 rings (SSSR count). The molecule has 1 aromatic heterocycles. The van der Waals surface area contributed by atoms with E-state index in [1.807, 2.05) is 0 Å². The number of nitrogens with zero attached hydrogens (tertiary/aromatic N) is 3. The molecule has 172 valence electrons. The van der Waals surface area contributed by atoms with Gasteiger partial charge in [0.1, 0.15) is 6.20 Å². The van der Waals surface area contributed by atoms with E-state index in [0.717, 1.165) is 43.6 Å². The Morgan fingerprint density at radius 3 is 2.64 bits per heavy atom. The second-order valence-electron chi connectivity index (χ2n) is 7.92. The minimum atomic E-state index is -0.539. The minimum Gasteiger partial charge on any atom is -0.493 e. The topological polar surface area (TPSA) is 112 Å². The third-order valence-electron chi connectivity index (χ3n) is 5.67. The van der Waals surface area contributed by atoms with Crippen LogP contribution in [-0.2, 0) is 4.79 Å². The summed E-state index contributed by atoms with van der Waals surface area (Å²) < 4.78 is 11.1. The van der Waals surface area contributed by atoms with Crippen LogP contribution >= 0.6 is 11.8 Å². The molecule has 33 heavy (non-hydrogen) atoms. The highest BCUT2D eigenvalue weighted by Crippen LogP contribution is 2.37. The van der Waals surface area contributed by atoms with Gasteiger partial charge in [0.05, 0.1) is 16.9 Å². The number of methoxy groups -OCH3 is 1. The molecule has 2 heterocycles. The lowest BCUT2D eigenvalue weighted by Gasteiger charge is -2.25. The Morgan fingerprint density at radius 2 is 1.97 bits per heavy atom. The summed E-state index contributed by atoms with van der Waals surface area (Å²) in [5.74, 6) is 1.06. The zero-order chi connectivity index (χ0) is 23.4. The Morgan fingerprint density at radius 1 is 1.18 bits per heavy atom. The number of nitro groups is 1. The number of hydrogen-bond donors (Lipinski definition) is 0. The van der Waals surface area contributed by atoms with Crippen molar-refractivity contribution in [1.29, 1.82) is 0 Å². The lowest BCUT2D eigenvalue weighted by atomic mass is 9.89. The molecule has 0 unspecified atom stereocenters. The molecular weight excluding hydrogens is 446 g/mol. The molecule has 2 aromatic rings. The summed E-state index contributed by atoms with van der Waals surface area (Å²) in [7, 11) is 1.48. The summed E-state index contributed by atoms with van der Waals surface area (Å²) >= 11 is 0.951. The van der Waals surface area contributed by atoms with Gasteiger partial charge in [0.15, 0.2) is 11.5 Å². The van der Waals surface area contributed by atoms with Crippen LogP contribution in [0.2, 0.25) is 0 Å². The Bertz CT molecular complexity index is 1100. The predicted octanol–water partition coefficient (Wildman–Crippen LogP) is 5.41. The van der Waals surface area contributed by atoms with Crippen LogP contribution in [0, 0.1) is 16.0 Å². The van der Waals surface area contributed by atoms with Gasteiger partial charge in [-0.3, -0.25) is 24.6 Å². The Balaban J connectivity index is 1.48. The van der Waals surface area contributed by atoms with Gasteiger partial charge in [-0.2, -0.15) is 0 Å². The quantitative estimate of drug-likeness (QED) is 0.301. The zero-order valence-electron chi connectivity index (χ0n) is 18.1. The molecule has 0 atom stereocenters. The number of rotatable bonds is 7. The summed E-state index contributed by atoms with van der Waals surface area (Å²) in [6, 6.07) is 7.77. The SMILES string of the molecule is COc1cc(/C=C2/SC(=O)N(CC3CCCCC3)C2=O)ccc1Oc1ccc([N+](=O)[O-])cn1. The van der Waals surface area contributed by atoms with Crippen molar-refractivity contribution in [3.63, 3.8) is 0 Å². The molecule has 0 radical (unpaired) electrons. The first-order valence-electron chi connectivity index (χ1n) is 10.7. The fourth-order valence-corrected chi connectivity index (χ4v) is 4.80. The summed E-state index contributed by atoms with van der Waals surface area (Å²) in [4.78, 5) is 41.2. The average molecular weight is 470 g/mol. The Labute approximate surface area is 194 Å². The van der Waals surface area contributed by atoms with Crippen LogP contribution in [0.5, 0.6) is 17.4 Å². The summed E-state index contributed by atoms with van der Waals surface area (Å²) in [5.41, 5.74) is 0.543. The van der Waals surface area contributed by atoms with Gasteiger partial charge in [-0.05, 0) is 54.3 Å². The fraction of sp³-hybridized carbons (Fsp3) is 0.348. The van der Waals surface area contributed by atoms with E-state index in [0.29, 0.717) is 34.4 Å². The minimum absolute atomic E-state index is 0.137. The van der Waals surface area contributed by atoms with E-state index < -0.39 is 4.92 Å². The number of carbonyl (C=O) groups is 2. The average Bonchev–Trinajstić information content (AvgIpc) is 3.08. The van der Waals surface area contributed by atoms with E-state index in [1.165, 1.54) is 30.6 Å². The third-order valence-corrected chi connectivity index (χ3v) is 6.58. The molecule has 1 saturated heterocycles. The van der Waals surface area contributed by atoms with Crippen molar-refractivity contribution in [2.75, 3.05) is 13.7 Å². The van der Waals surface area contributed by atoms with Crippen molar-refractivity contribution in [2.24, 2.45) is 5.92 Å². The molecule has 1 aliphatic heterocycles. The second kappa shape index (κ2) is 10.0. The molecule has 1 aliphatic carbocycles. The van der Waals surface area contributed by atoms with E-state index in [2.05, 4.69) is 4.98 Å². The normalized spacial score (nSPS) is 18.1. The Hall–Kier alpha value is -3.40. The van der Waals surface area contributed by atoms with Crippen LogP contribution in [-0.4, -0.2) is 39.6 Å². The molecular formula is C23H23N3O6S. The maximum absolute atomic E-state index is 12.8. The number of imide groups is 1. The Kier molecular flexibility index (Phi) is 6.93. The lowest BCUT2D eigenvalue weighted by Crippen LogP contribution is -2.34. The van der Waals surface area contributed by atoms with Crippen LogP contribution in [0.15, 0.2) is 41.4 Å². The fourth-order valence-electron chi connectivity index (χ4n) is 3.95. The molecule has 2 aliphatic rings. The maximum atomic E-state index is 12.8. The number of hydrogen-bond acceptors (Lipinski definition) is 8. The number of aromatic nitrogens is 1. The van der Waals surface area contributed by atoms with Gasteiger partial charge in [-0.1, -0.05) is 25.3 Å². The van der Waals surface area contributed by atoms with E-state index in [4.69, 9.17) is 9.47 Å². The van der Waals surface area contributed by atoms with Gasteiger partial charge in [0, 0.05) is 18.7 Å². The molecule has 1 saturated carbocycles. The first kappa shape index (κ1) is 22.8. The van der Waals surface area contributed by atoms with Gasteiger partial charge in [-0.15, -0.1) is 0 Å². The van der Waals surface area contributed by atoms with Gasteiger partial charge >= 0.3 is 0 Å². The van der Waals surface area contributed by atoms with E-state index >= 15 is 0 Å². The molecule has 10 heteroatoms. The molecule has 2 fully saturated rings. The van der Waals surface area contributed by atoms with Crippen molar-refractivity contribution in [3.8, 4) is 17.4 Å². The monoisotopic (exact) mass is 469 g/mol. The smallest absolute Gasteiger partial charge is 0.293 e. The second-order valence-corrected chi connectivity index (χ2v) is 8.91. The van der Waals surface area contributed by atoms with E-state index in [9.17, 15) is 19.7 Å². The van der Waals surface area contributed by atoms with E-state index in [1.54, 1.807) is 24.3 Å². The van der Waals surface area contributed by atoms with Crippen molar-refractivity contribution in [3.05, 3.63) is 57.1 Å². The molecule has 0 bridgehead atoms. The highest BCUT2D eigenvalue weighted by atomic mass is 32.2. The van der Waals surface area contributed by atoms with Crippen molar-refractivity contribution >= 4 is 34.7 Å². The van der Waals surface area contributed by atoms with Gasteiger partial charge in [-0.25, -0.2) is 4.98 Å². The van der Waals surface area contributed by atoms with Crippen LogP contribution in [0.3, 0.4) is 0 Å². The third kappa shape index (κ3) is 5.33. The highest BCUT2D eigenvalue weighted by Gasteiger charge is 2.36. The molecule has 2 amide bonds. The van der Waals surface area contributed by atoms with Crippen molar-refractivity contribution in [1.82, 2.24) is 9.88 Å². The van der Waals surface area contributed by atoms with Crippen molar-refractivity contribution in [2.45, 2.75) is 32.1 Å². The van der Waals surface area contributed by atoms with Gasteiger partial charge in [0.2, 0.25) is 5.88 Å². The molecule has 1 aromatic carbocycles. The molecule has 0 N–H and O–H groups in total. The number of amides is 2. The first-order valence-corrected chi connectivity index (χ1v) is 11.5. The molecule has 0 spiro atoms. The van der Waals surface area contributed by atoms with Gasteiger partial charge in [0.25, 0.3) is 16.8 Å². The van der Waals surface area contributed by atoms with Crippen LogP contribution in [0.1, 0.15) is 37.7 Å². The highest BCUT2D eigenvalue weighted by molar-refractivity contribution is 8.18. The maximum Gasteiger partial charge on any atom is 0.293 e. The van der Waals surface area contributed by atoms with Crippen LogP contribution < -0.4 is 9.47 Å². The number of thioether (sulfide) groups is 1. The largest absolute Gasteiger partial charge is 0.493 e. The van der Waals surface area contributed by atoms with Crippen molar-refractivity contribution < 1.29 is 24.0 Å². The van der Waals surface area contributed by atoms with Crippen LogP contribution in [0.25, 0.3) is 6.08 Å². The molecule has 9 nitrogen and oxygen atoms in total. The van der Waals surface area contributed by atoms with Crippen LogP contribution in [0.4, 0.5) is 10.5 Å². The summed E-state index contributed by atoms with van der Waals surface area (Å²) in [5, 5.41) is 10.5. The number of benzene rings is 1. The summed E-state index contributed by atoms with van der Waals surface area (Å²) in [6.07, 6.45) is 8.43. The van der Waals surface area contributed by atoms with Gasteiger partial charge < -0.3 is 9.47 Å². The lowest BCUT2D eigenvalue weighted by molar-refractivity contribution is -0.385. The summed E-state index contributed by atoms with van der Waals surface area (Å²) in [6.45, 7) is 0.486. The number of pyridine rings is 1. The van der Waals surface area contributed by atoms with E-state index in [-0.39, 0.29) is 22.7 Å². The number of ether oxygens (including phenoxy) is 2. The standard InChI is InChI=1S/C23H23N3O6S/c1-31-19-11-16(7-9-18(19)32-21-10-8-17(13-24-21)26(29)30)12-20-22(27)25(23(28)33-20)14-15-5-3-2-4-6-15/h7-13,15H,2-6,14H2,1H3/b20-12+. The zero-order valence-corrected chi connectivity index (χ0v) is 18.9. The first-order chi connectivity index (χ1) is 15.9.